The monoisotopic (exact) mass is 146 g/mol. The maximum Gasteiger partial charge on any atom is 0.0886 e. The van der Waals surface area contributed by atoms with Crippen LogP contribution in [-0.4, -0.2) is 4.98 Å². The Morgan fingerprint density at radius 3 is 3.18 bits per heavy atom. The summed E-state index contributed by atoms with van der Waals surface area (Å²) in [6, 6.07) is 3.90. The van der Waals surface area contributed by atoms with Crippen LogP contribution < -0.4 is 0 Å². The Hall–Kier alpha value is -1.11. The minimum absolute atomic E-state index is 1.08. The summed E-state index contributed by atoms with van der Waals surface area (Å²) in [5.74, 6) is 0. The first-order chi connectivity index (χ1) is 5.43. The minimum Gasteiger partial charge on any atom is -0.254 e. The third-order valence-corrected chi connectivity index (χ3v) is 1.51. The van der Waals surface area contributed by atoms with Gasteiger partial charge in [0.2, 0.25) is 0 Å². The normalized spacial score (nSPS) is 10.6. The number of hydrogen-bond donors (Lipinski definition) is 0. The summed E-state index contributed by atoms with van der Waals surface area (Å²) < 4.78 is 0. The first kappa shape index (κ1) is 7.99. The summed E-state index contributed by atoms with van der Waals surface area (Å²) in [6.07, 6.45) is 11.0. The molecule has 1 radical (unpaired) electrons. The molecule has 0 aliphatic carbocycles. The first-order valence-electron chi connectivity index (χ1n) is 3.85. The minimum atomic E-state index is 1.08. The predicted octanol–water partition coefficient (Wildman–Crippen LogP) is 2.39. The Balaban J connectivity index is 2.39. The molecule has 11 heavy (non-hydrogen) atoms. The zero-order valence-corrected chi connectivity index (χ0v) is 6.75. The van der Waals surface area contributed by atoms with Gasteiger partial charge in [-0.15, -0.1) is 0 Å². The van der Waals surface area contributed by atoms with Gasteiger partial charge in [-0.3, -0.25) is 4.98 Å². The quantitative estimate of drug-likeness (QED) is 0.597. The molecule has 1 rings (SSSR count). The lowest BCUT2D eigenvalue weighted by Crippen LogP contribution is -1.83. The fourth-order valence-electron chi connectivity index (χ4n) is 0.915. The number of allylic oxidation sites excluding steroid dienone is 2. The Bertz CT molecular complexity index is 214. The van der Waals surface area contributed by atoms with E-state index >= 15 is 0 Å². The SMILES string of the molecule is C/C=C/CCc1cc[c]nc1. The fraction of sp³-hybridized carbons (Fsp3) is 0.300. The van der Waals surface area contributed by atoms with Crippen molar-refractivity contribution in [3.05, 3.63) is 42.2 Å². The molecule has 1 aromatic heterocycles. The van der Waals surface area contributed by atoms with Crippen LogP contribution in [0.3, 0.4) is 0 Å². The van der Waals surface area contributed by atoms with Gasteiger partial charge >= 0.3 is 0 Å². The lowest BCUT2D eigenvalue weighted by Gasteiger charge is -1.94. The number of aryl methyl sites for hydroxylation is 1. The van der Waals surface area contributed by atoms with Crippen molar-refractivity contribution < 1.29 is 0 Å². The summed E-state index contributed by atoms with van der Waals surface area (Å²) in [4.78, 5) is 3.91. The van der Waals surface area contributed by atoms with E-state index in [2.05, 4.69) is 29.4 Å². The molecule has 0 unspecified atom stereocenters. The first-order valence-corrected chi connectivity index (χ1v) is 3.85. The number of nitrogens with zero attached hydrogens (tertiary/aromatic N) is 1. The Morgan fingerprint density at radius 1 is 1.64 bits per heavy atom. The highest BCUT2D eigenvalue weighted by atomic mass is 14.6. The van der Waals surface area contributed by atoms with Gasteiger partial charge in [-0.1, -0.05) is 18.2 Å². The molecule has 0 saturated carbocycles. The second-order valence-corrected chi connectivity index (χ2v) is 2.40. The highest BCUT2D eigenvalue weighted by Gasteiger charge is 1.87. The molecule has 0 aromatic carbocycles. The van der Waals surface area contributed by atoms with Crippen molar-refractivity contribution in [3.8, 4) is 0 Å². The predicted molar refractivity (Wildman–Crippen MR) is 46.2 cm³/mol. The Kier molecular flexibility index (Phi) is 3.39. The van der Waals surface area contributed by atoms with Gasteiger partial charge in [-0.2, -0.15) is 0 Å². The van der Waals surface area contributed by atoms with Crippen LogP contribution in [0.25, 0.3) is 0 Å². The van der Waals surface area contributed by atoms with Crippen molar-refractivity contribution in [1.29, 1.82) is 0 Å². The van der Waals surface area contributed by atoms with Gasteiger partial charge in [0, 0.05) is 6.20 Å². The van der Waals surface area contributed by atoms with Crippen molar-refractivity contribution in [2.45, 2.75) is 19.8 Å². The summed E-state index contributed by atoms with van der Waals surface area (Å²) in [7, 11) is 0. The molecular formula is C10H12N. The molecule has 0 fully saturated rings. The number of rotatable bonds is 3. The Labute approximate surface area is 67.8 Å². The molecule has 57 valence electrons. The van der Waals surface area contributed by atoms with E-state index in [1.807, 2.05) is 19.2 Å². The smallest absolute Gasteiger partial charge is 0.0886 e. The average Bonchev–Trinajstić information content (AvgIpc) is 2.07. The van der Waals surface area contributed by atoms with E-state index in [9.17, 15) is 0 Å². The van der Waals surface area contributed by atoms with Crippen LogP contribution in [0.15, 0.2) is 30.5 Å². The molecule has 0 aliphatic rings. The molecule has 0 saturated heterocycles. The zero-order chi connectivity index (χ0) is 7.94. The van der Waals surface area contributed by atoms with Crippen LogP contribution in [-0.2, 0) is 6.42 Å². The highest BCUT2D eigenvalue weighted by Crippen LogP contribution is 1.99. The summed E-state index contributed by atoms with van der Waals surface area (Å²) in [5, 5.41) is 0. The van der Waals surface area contributed by atoms with Crippen LogP contribution in [0.5, 0.6) is 0 Å². The molecule has 0 aliphatic heterocycles. The molecule has 1 heterocycles. The second kappa shape index (κ2) is 4.67. The third kappa shape index (κ3) is 2.99. The molecule has 1 heteroatoms. The van der Waals surface area contributed by atoms with Crippen molar-refractivity contribution in [2.24, 2.45) is 0 Å². The van der Waals surface area contributed by atoms with Gasteiger partial charge in [-0.25, -0.2) is 0 Å². The second-order valence-electron chi connectivity index (χ2n) is 2.40. The maximum absolute atomic E-state index is 3.91. The van der Waals surface area contributed by atoms with Gasteiger partial charge in [0.15, 0.2) is 0 Å². The van der Waals surface area contributed by atoms with E-state index in [-0.39, 0.29) is 0 Å². The topological polar surface area (TPSA) is 12.9 Å². The van der Waals surface area contributed by atoms with Crippen molar-refractivity contribution in [3.63, 3.8) is 0 Å². The molecule has 1 aromatic rings. The molecular weight excluding hydrogens is 134 g/mol. The lowest BCUT2D eigenvalue weighted by atomic mass is 10.1. The van der Waals surface area contributed by atoms with Crippen molar-refractivity contribution in [2.75, 3.05) is 0 Å². The third-order valence-electron chi connectivity index (χ3n) is 1.51. The molecule has 0 bridgehead atoms. The van der Waals surface area contributed by atoms with E-state index in [1.165, 1.54) is 5.56 Å². The molecule has 0 N–H and O–H groups in total. The molecule has 0 atom stereocenters. The van der Waals surface area contributed by atoms with Gasteiger partial charge in [-0.05, 0) is 31.4 Å². The van der Waals surface area contributed by atoms with Crippen molar-refractivity contribution >= 4 is 0 Å². The average molecular weight is 146 g/mol. The maximum atomic E-state index is 3.91. The molecule has 0 spiro atoms. The summed E-state index contributed by atoms with van der Waals surface area (Å²) in [5.41, 5.74) is 1.28. The zero-order valence-electron chi connectivity index (χ0n) is 6.75. The van der Waals surface area contributed by atoms with Crippen molar-refractivity contribution in [1.82, 2.24) is 4.98 Å². The van der Waals surface area contributed by atoms with Crippen LogP contribution in [0.1, 0.15) is 18.9 Å². The van der Waals surface area contributed by atoms with Crippen LogP contribution in [0.2, 0.25) is 0 Å². The number of hydrogen-bond acceptors (Lipinski definition) is 1. The molecule has 0 amide bonds. The van der Waals surface area contributed by atoms with Crippen LogP contribution in [0, 0.1) is 6.20 Å². The summed E-state index contributed by atoms with van der Waals surface area (Å²) in [6.45, 7) is 2.04. The van der Waals surface area contributed by atoms with Crippen LogP contribution >= 0.6 is 0 Å². The van der Waals surface area contributed by atoms with Gasteiger partial charge in [0.1, 0.15) is 0 Å². The molecule has 1 nitrogen and oxygen atoms in total. The number of pyridine rings is 1. The summed E-state index contributed by atoms with van der Waals surface area (Å²) >= 11 is 0. The van der Waals surface area contributed by atoms with E-state index in [0.29, 0.717) is 0 Å². The number of aromatic nitrogens is 1. The van der Waals surface area contributed by atoms with E-state index < -0.39 is 0 Å². The van der Waals surface area contributed by atoms with Gasteiger partial charge in [0.25, 0.3) is 0 Å². The van der Waals surface area contributed by atoms with Gasteiger partial charge in [0.05, 0.1) is 6.20 Å². The highest BCUT2D eigenvalue weighted by molar-refractivity contribution is 5.08. The fourth-order valence-corrected chi connectivity index (χ4v) is 0.915. The standard InChI is InChI=1S/C10H12N/c1-2-3-4-6-10-7-5-8-11-9-10/h2-3,5,7,9H,4,6H2,1H3/b3-2+. The lowest BCUT2D eigenvalue weighted by molar-refractivity contribution is 0.985. The van der Waals surface area contributed by atoms with E-state index in [4.69, 9.17) is 0 Å². The van der Waals surface area contributed by atoms with Crippen LogP contribution in [0.4, 0.5) is 0 Å². The van der Waals surface area contributed by atoms with E-state index in [1.54, 1.807) is 0 Å². The van der Waals surface area contributed by atoms with Gasteiger partial charge < -0.3 is 0 Å². The largest absolute Gasteiger partial charge is 0.254 e. The Morgan fingerprint density at radius 2 is 2.55 bits per heavy atom. The van der Waals surface area contributed by atoms with E-state index in [0.717, 1.165) is 12.8 Å².